The first-order valence-corrected chi connectivity index (χ1v) is 5.19. The van der Waals surface area contributed by atoms with E-state index in [1.54, 1.807) is 0 Å². The van der Waals surface area contributed by atoms with Crippen molar-refractivity contribution in [3.63, 3.8) is 0 Å². The van der Waals surface area contributed by atoms with Crippen molar-refractivity contribution in [1.29, 1.82) is 0 Å². The van der Waals surface area contributed by atoms with Crippen molar-refractivity contribution in [3.8, 4) is 0 Å². The quantitative estimate of drug-likeness (QED) is 0.649. The molecule has 0 bridgehead atoms. The van der Waals surface area contributed by atoms with Gasteiger partial charge in [0.15, 0.2) is 0 Å². The molecule has 0 radical (unpaired) electrons. The summed E-state index contributed by atoms with van der Waals surface area (Å²) in [6, 6.07) is 9.03. The van der Waals surface area contributed by atoms with Crippen molar-refractivity contribution >= 4 is 10.9 Å². The third-order valence-electron chi connectivity index (χ3n) is 3.09. The van der Waals surface area contributed by atoms with E-state index in [4.69, 9.17) is 0 Å². The predicted octanol–water partition coefficient (Wildman–Crippen LogP) is 2.37. The number of hydrogen-bond acceptors (Lipinski definition) is 1. The Kier molecular flexibility index (Phi) is 1.64. The van der Waals surface area contributed by atoms with Crippen LogP contribution in [0.15, 0.2) is 24.3 Å². The van der Waals surface area contributed by atoms with Gasteiger partial charge >= 0.3 is 0 Å². The molecule has 0 saturated heterocycles. The molecule has 2 aromatic rings. The summed E-state index contributed by atoms with van der Waals surface area (Å²) in [5, 5.41) is 4.87. The highest BCUT2D eigenvalue weighted by Gasteiger charge is 2.19. The van der Waals surface area contributed by atoms with Crippen LogP contribution in [0.5, 0.6) is 0 Å². The zero-order valence-electron chi connectivity index (χ0n) is 8.30. The molecule has 2 heteroatoms. The number of H-pyrrole nitrogens is 1. The number of hydrogen-bond donors (Lipinski definition) is 2. The van der Waals surface area contributed by atoms with Crippen molar-refractivity contribution in [2.45, 2.75) is 19.4 Å². The van der Waals surface area contributed by atoms with E-state index >= 15 is 0 Å². The molecule has 3 rings (SSSR count). The number of nitrogens with one attached hydrogen (secondary N) is 2. The third kappa shape index (κ3) is 1.01. The van der Waals surface area contributed by atoms with Crippen LogP contribution in [-0.2, 0) is 6.42 Å². The monoisotopic (exact) mass is 186 g/mol. The summed E-state index contributed by atoms with van der Waals surface area (Å²) >= 11 is 0. The molecule has 2 heterocycles. The number of rotatable bonds is 0. The van der Waals surface area contributed by atoms with Gasteiger partial charge in [0.1, 0.15) is 0 Å². The van der Waals surface area contributed by atoms with E-state index < -0.39 is 0 Å². The zero-order chi connectivity index (χ0) is 9.54. The number of aromatic nitrogens is 1. The first-order chi connectivity index (χ1) is 6.86. The lowest BCUT2D eigenvalue weighted by atomic mass is 9.99. The Bertz CT molecular complexity index is 470. The second-order valence-electron chi connectivity index (χ2n) is 3.99. The van der Waals surface area contributed by atoms with Gasteiger partial charge in [-0.1, -0.05) is 18.2 Å². The molecular weight excluding hydrogens is 172 g/mol. The molecule has 0 amide bonds. The van der Waals surface area contributed by atoms with Gasteiger partial charge in [-0.05, 0) is 18.6 Å². The average Bonchev–Trinajstić information content (AvgIpc) is 2.57. The van der Waals surface area contributed by atoms with E-state index in [2.05, 4.69) is 41.5 Å². The summed E-state index contributed by atoms with van der Waals surface area (Å²) in [5.41, 5.74) is 4.15. The molecule has 2 N–H and O–H groups in total. The lowest BCUT2D eigenvalue weighted by molar-refractivity contribution is 0.541. The normalized spacial score (nSPS) is 21.1. The van der Waals surface area contributed by atoms with Crippen LogP contribution in [-0.4, -0.2) is 11.5 Å². The topological polar surface area (TPSA) is 27.8 Å². The molecule has 1 aromatic heterocycles. The number of fused-ring (bicyclic) bond motifs is 3. The maximum atomic E-state index is 3.51. The predicted molar refractivity (Wildman–Crippen MR) is 58.4 cm³/mol. The van der Waals surface area contributed by atoms with E-state index in [1.165, 1.54) is 22.2 Å². The van der Waals surface area contributed by atoms with Crippen LogP contribution in [0, 0.1) is 0 Å². The average molecular weight is 186 g/mol. The molecule has 1 unspecified atom stereocenters. The highest BCUT2D eigenvalue weighted by molar-refractivity contribution is 5.85. The number of aromatic amines is 1. The Labute approximate surface area is 83.3 Å². The summed E-state index contributed by atoms with van der Waals surface area (Å²) in [6.07, 6.45) is 1.12. The van der Waals surface area contributed by atoms with Crippen LogP contribution in [0.2, 0.25) is 0 Å². The second kappa shape index (κ2) is 2.85. The zero-order valence-corrected chi connectivity index (χ0v) is 8.30. The van der Waals surface area contributed by atoms with E-state index in [1.807, 2.05) is 0 Å². The standard InChI is InChI=1S/C12H14N2/c1-8-12-9-4-2-3-5-10(9)14-11(12)6-7-13-8/h2-5,8,13-14H,6-7H2,1H3. The minimum absolute atomic E-state index is 0.481. The smallest absolute Gasteiger partial charge is 0.0459 e. The summed E-state index contributed by atoms with van der Waals surface area (Å²) in [5.74, 6) is 0. The van der Waals surface area contributed by atoms with Gasteiger partial charge in [0, 0.05) is 35.6 Å². The van der Waals surface area contributed by atoms with Crippen LogP contribution in [0.4, 0.5) is 0 Å². The van der Waals surface area contributed by atoms with Crippen LogP contribution in [0.3, 0.4) is 0 Å². The fraction of sp³-hybridized carbons (Fsp3) is 0.333. The first-order valence-electron chi connectivity index (χ1n) is 5.19. The Hall–Kier alpha value is -1.28. The van der Waals surface area contributed by atoms with Gasteiger partial charge in [-0.3, -0.25) is 0 Å². The van der Waals surface area contributed by atoms with Gasteiger partial charge in [-0.15, -0.1) is 0 Å². The molecule has 0 saturated carbocycles. The molecular formula is C12H14N2. The van der Waals surface area contributed by atoms with Gasteiger partial charge < -0.3 is 10.3 Å². The highest BCUT2D eigenvalue weighted by atomic mass is 14.9. The van der Waals surface area contributed by atoms with Crippen LogP contribution >= 0.6 is 0 Å². The summed E-state index contributed by atoms with van der Waals surface area (Å²) < 4.78 is 0. The van der Waals surface area contributed by atoms with Gasteiger partial charge in [-0.2, -0.15) is 0 Å². The molecule has 0 aliphatic carbocycles. The maximum Gasteiger partial charge on any atom is 0.0459 e. The Morgan fingerprint density at radius 2 is 2.14 bits per heavy atom. The van der Waals surface area contributed by atoms with Gasteiger partial charge in [0.25, 0.3) is 0 Å². The van der Waals surface area contributed by atoms with Gasteiger partial charge in [-0.25, -0.2) is 0 Å². The maximum absolute atomic E-state index is 3.51. The molecule has 1 aliphatic rings. The van der Waals surface area contributed by atoms with Gasteiger partial charge in [0.05, 0.1) is 0 Å². The molecule has 0 fully saturated rings. The van der Waals surface area contributed by atoms with Gasteiger partial charge in [0.2, 0.25) is 0 Å². The summed E-state index contributed by atoms with van der Waals surface area (Å²) in [4.78, 5) is 3.51. The van der Waals surface area contributed by atoms with E-state index in [9.17, 15) is 0 Å². The van der Waals surface area contributed by atoms with Crippen molar-refractivity contribution in [1.82, 2.24) is 10.3 Å². The molecule has 2 nitrogen and oxygen atoms in total. The molecule has 1 atom stereocenters. The fourth-order valence-electron chi connectivity index (χ4n) is 2.43. The minimum Gasteiger partial charge on any atom is -0.358 e. The van der Waals surface area contributed by atoms with Crippen molar-refractivity contribution in [2.75, 3.05) is 6.54 Å². The van der Waals surface area contributed by atoms with Crippen molar-refractivity contribution < 1.29 is 0 Å². The molecule has 0 spiro atoms. The summed E-state index contributed by atoms with van der Waals surface area (Å²) in [6.45, 7) is 3.32. The Balaban J connectivity index is 2.34. The molecule has 14 heavy (non-hydrogen) atoms. The first kappa shape index (κ1) is 8.06. The number of para-hydroxylation sites is 1. The van der Waals surface area contributed by atoms with Crippen LogP contribution in [0.1, 0.15) is 24.2 Å². The lowest BCUT2D eigenvalue weighted by Gasteiger charge is -2.20. The van der Waals surface area contributed by atoms with E-state index in [0.29, 0.717) is 6.04 Å². The van der Waals surface area contributed by atoms with Crippen molar-refractivity contribution in [2.24, 2.45) is 0 Å². The van der Waals surface area contributed by atoms with E-state index in [-0.39, 0.29) is 0 Å². The fourth-order valence-corrected chi connectivity index (χ4v) is 2.43. The molecule has 1 aromatic carbocycles. The molecule has 72 valence electrons. The van der Waals surface area contributed by atoms with Crippen LogP contribution < -0.4 is 5.32 Å². The third-order valence-corrected chi connectivity index (χ3v) is 3.09. The number of benzene rings is 1. The van der Waals surface area contributed by atoms with Crippen molar-refractivity contribution in [3.05, 3.63) is 35.5 Å². The Morgan fingerprint density at radius 3 is 3.07 bits per heavy atom. The molecule has 1 aliphatic heterocycles. The SMILES string of the molecule is CC1NCCc2[nH]c3ccccc3c21. The lowest BCUT2D eigenvalue weighted by Crippen LogP contribution is -2.27. The van der Waals surface area contributed by atoms with E-state index in [0.717, 1.165) is 13.0 Å². The highest BCUT2D eigenvalue weighted by Crippen LogP contribution is 2.30. The van der Waals surface area contributed by atoms with Crippen LogP contribution in [0.25, 0.3) is 10.9 Å². The largest absolute Gasteiger partial charge is 0.358 e. The Morgan fingerprint density at radius 1 is 1.29 bits per heavy atom. The summed E-state index contributed by atoms with van der Waals surface area (Å²) in [7, 11) is 0. The minimum atomic E-state index is 0.481. The second-order valence-corrected chi connectivity index (χ2v) is 3.99.